The van der Waals surface area contributed by atoms with E-state index in [4.69, 9.17) is 18.9 Å². The van der Waals surface area contributed by atoms with E-state index in [2.05, 4.69) is 5.32 Å². The van der Waals surface area contributed by atoms with Gasteiger partial charge in [-0.25, -0.2) is 8.42 Å². The molecule has 0 aliphatic heterocycles. The summed E-state index contributed by atoms with van der Waals surface area (Å²) in [6.45, 7) is 1.71. The maximum Gasteiger partial charge on any atom is 0.264 e. The lowest BCUT2D eigenvalue weighted by Crippen LogP contribution is -2.54. The molecule has 1 saturated carbocycles. The minimum absolute atomic E-state index is 0.00493. The summed E-state index contributed by atoms with van der Waals surface area (Å²) < 4.78 is 52.0. The first kappa shape index (κ1) is 38.0. The number of sulfonamides is 1. The van der Waals surface area contributed by atoms with Gasteiger partial charge in [-0.2, -0.15) is 0 Å². The Balaban J connectivity index is 1.59. The largest absolute Gasteiger partial charge is 0.497 e. The quantitative estimate of drug-likeness (QED) is 0.140. The predicted molar refractivity (Wildman–Crippen MR) is 200 cm³/mol. The van der Waals surface area contributed by atoms with Gasteiger partial charge in [0.15, 0.2) is 11.5 Å². The third kappa shape index (κ3) is 9.35. The van der Waals surface area contributed by atoms with E-state index in [1.54, 1.807) is 43.5 Å². The fourth-order valence-electron chi connectivity index (χ4n) is 6.40. The molecule has 12 heteroatoms. The molecule has 0 unspecified atom stereocenters. The lowest BCUT2D eigenvalue weighted by Gasteiger charge is -2.34. The van der Waals surface area contributed by atoms with Gasteiger partial charge in [0.05, 0.1) is 38.5 Å². The SMILES string of the molecule is CCOc1ccc(N(CC(=O)N(Cc2cccc(OC)c2)[C@H](Cc2ccccc2)C(=O)NC2CCCC2)S(=O)(=O)c2ccc(OC)c(OC)c2)cc1. The minimum atomic E-state index is -4.38. The molecule has 4 aromatic carbocycles. The molecule has 1 aliphatic rings. The summed E-state index contributed by atoms with van der Waals surface area (Å²) in [5, 5.41) is 3.20. The number of carbonyl (C=O) groups is 2. The molecule has 276 valence electrons. The summed E-state index contributed by atoms with van der Waals surface area (Å²) in [6, 6.07) is 26.6. The molecular formula is C40H47N3O8S. The third-order valence-corrected chi connectivity index (χ3v) is 10.9. The molecule has 0 saturated heterocycles. The van der Waals surface area contributed by atoms with Gasteiger partial charge in [-0.05, 0) is 79.4 Å². The topological polar surface area (TPSA) is 124 Å². The fourth-order valence-corrected chi connectivity index (χ4v) is 7.83. The van der Waals surface area contributed by atoms with Gasteiger partial charge in [-0.15, -0.1) is 0 Å². The summed E-state index contributed by atoms with van der Waals surface area (Å²) in [6.07, 6.45) is 3.99. The Kier molecular flexibility index (Phi) is 13.0. The highest BCUT2D eigenvalue weighted by Crippen LogP contribution is 2.33. The van der Waals surface area contributed by atoms with Crippen molar-refractivity contribution in [3.8, 4) is 23.0 Å². The number of nitrogens with zero attached hydrogens (tertiary/aromatic N) is 2. The maximum absolute atomic E-state index is 14.9. The average Bonchev–Trinajstić information content (AvgIpc) is 3.68. The first-order valence-electron chi connectivity index (χ1n) is 17.4. The van der Waals surface area contributed by atoms with Crippen molar-refractivity contribution in [2.75, 3.05) is 38.8 Å². The number of hydrogen-bond acceptors (Lipinski definition) is 8. The van der Waals surface area contributed by atoms with E-state index in [0.717, 1.165) is 41.1 Å². The van der Waals surface area contributed by atoms with E-state index in [0.29, 0.717) is 23.9 Å². The molecule has 1 atom stereocenters. The number of ether oxygens (including phenoxy) is 4. The lowest BCUT2D eigenvalue weighted by atomic mass is 10.0. The smallest absolute Gasteiger partial charge is 0.264 e. The number of anilines is 1. The van der Waals surface area contributed by atoms with Crippen molar-refractivity contribution in [1.29, 1.82) is 0 Å². The average molecular weight is 730 g/mol. The van der Waals surface area contributed by atoms with Gasteiger partial charge < -0.3 is 29.2 Å². The summed E-state index contributed by atoms with van der Waals surface area (Å²) in [7, 11) is 0.0545. The van der Waals surface area contributed by atoms with Crippen LogP contribution in [-0.4, -0.2) is 71.7 Å². The molecule has 5 rings (SSSR count). The van der Waals surface area contributed by atoms with Crippen molar-refractivity contribution in [3.05, 3.63) is 108 Å². The Labute approximate surface area is 306 Å². The predicted octanol–water partition coefficient (Wildman–Crippen LogP) is 6.01. The first-order valence-corrected chi connectivity index (χ1v) is 18.8. The Hall–Kier alpha value is -5.23. The number of benzene rings is 4. The zero-order valence-electron chi connectivity index (χ0n) is 30.1. The minimum Gasteiger partial charge on any atom is -0.497 e. The van der Waals surface area contributed by atoms with Crippen LogP contribution in [0.15, 0.2) is 102 Å². The van der Waals surface area contributed by atoms with Gasteiger partial charge in [-0.1, -0.05) is 55.3 Å². The second-order valence-corrected chi connectivity index (χ2v) is 14.4. The molecule has 0 radical (unpaired) electrons. The highest BCUT2D eigenvalue weighted by molar-refractivity contribution is 7.92. The maximum atomic E-state index is 14.9. The van der Waals surface area contributed by atoms with Gasteiger partial charge in [0.1, 0.15) is 24.1 Å². The first-order chi connectivity index (χ1) is 25.2. The van der Waals surface area contributed by atoms with Crippen LogP contribution in [0, 0.1) is 0 Å². The van der Waals surface area contributed by atoms with Gasteiger partial charge in [0.25, 0.3) is 10.0 Å². The van der Waals surface area contributed by atoms with Gasteiger partial charge in [0, 0.05) is 25.1 Å². The van der Waals surface area contributed by atoms with Crippen LogP contribution < -0.4 is 28.6 Å². The van der Waals surface area contributed by atoms with Crippen LogP contribution in [0.5, 0.6) is 23.0 Å². The van der Waals surface area contributed by atoms with Crippen molar-refractivity contribution in [3.63, 3.8) is 0 Å². The highest BCUT2D eigenvalue weighted by atomic mass is 32.2. The van der Waals surface area contributed by atoms with Crippen molar-refractivity contribution in [2.45, 2.75) is 62.6 Å². The number of carbonyl (C=O) groups excluding carboxylic acids is 2. The molecule has 52 heavy (non-hydrogen) atoms. The van der Waals surface area contributed by atoms with Crippen LogP contribution in [0.25, 0.3) is 0 Å². The Morgan fingerprint density at radius 2 is 1.48 bits per heavy atom. The second kappa shape index (κ2) is 17.8. The Morgan fingerprint density at radius 3 is 2.13 bits per heavy atom. The van der Waals surface area contributed by atoms with E-state index in [1.165, 1.54) is 37.3 Å². The van der Waals surface area contributed by atoms with E-state index in [1.807, 2.05) is 49.4 Å². The molecule has 2 amide bonds. The van der Waals surface area contributed by atoms with Crippen molar-refractivity contribution in [2.24, 2.45) is 0 Å². The van der Waals surface area contributed by atoms with Crippen molar-refractivity contribution in [1.82, 2.24) is 10.2 Å². The molecule has 0 heterocycles. The fraction of sp³-hybridized carbons (Fsp3) is 0.350. The van der Waals surface area contributed by atoms with Crippen LogP contribution in [-0.2, 0) is 32.6 Å². The summed E-state index contributed by atoms with van der Waals surface area (Å²) in [5.41, 5.74) is 1.82. The van der Waals surface area contributed by atoms with Gasteiger partial charge in [0.2, 0.25) is 11.8 Å². The van der Waals surface area contributed by atoms with E-state index < -0.39 is 28.5 Å². The van der Waals surface area contributed by atoms with E-state index in [-0.39, 0.29) is 41.2 Å². The lowest BCUT2D eigenvalue weighted by molar-refractivity contribution is -0.140. The van der Waals surface area contributed by atoms with Gasteiger partial charge in [-0.3, -0.25) is 13.9 Å². The molecular weight excluding hydrogens is 683 g/mol. The van der Waals surface area contributed by atoms with Crippen molar-refractivity contribution < 1.29 is 37.0 Å². The standard InChI is InChI=1S/C40H47N3O8S/c1-5-51-33-20-18-32(19-21-33)43(52(46,47)35-22-23-37(49-3)38(26-35)50-4)28-39(44)42(27-30-14-11-17-34(24-30)48-2)36(25-29-12-7-6-8-13-29)40(45)41-31-15-9-10-16-31/h6-8,11-14,17-24,26,31,36H,5,9-10,15-16,25,27-28H2,1-4H3,(H,41,45)/t36-/m1/s1. The van der Waals surface area contributed by atoms with Crippen LogP contribution in [0.1, 0.15) is 43.7 Å². The monoisotopic (exact) mass is 729 g/mol. The molecule has 0 spiro atoms. The number of amides is 2. The van der Waals surface area contributed by atoms with Crippen molar-refractivity contribution >= 4 is 27.5 Å². The summed E-state index contributed by atoms with van der Waals surface area (Å²) in [4.78, 5) is 30.5. The Morgan fingerprint density at radius 1 is 0.788 bits per heavy atom. The number of nitrogens with one attached hydrogen (secondary N) is 1. The molecule has 1 N–H and O–H groups in total. The molecule has 1 fully saturated rings. The second-order valence-electron chi connectivity index (χ2n) is 12.5. The number of methoxy groups -OCH3 is 3. The summed E-state index contributed by atoms with van der Waals surface area (Å²) >= 11 is 0. The molecule has 0 bridgehead atoms. The third-order valence-electron chi connectivity index (χ3n) is 9.12. The Bertz CT molecular complexity index is 1900. The zero-order valence-corrected chi connectivity index (χ0v) is 30.9. The molecule has 0 aromatic heterocycles. The highest BCUT2D eigenvalue weighted by Gasteiger charge is 2.36. The van der Waals surface area contributed by atoms with Gasteiger partial charge >= 0.3 is 0 Å². The summed E-state index contributed by atoms with van der Waals surface area (Å²) in [5.74, 6) is 0.851. The molecule has 4 aromatic rings. The van der Waals surface area contributed by atoms with E-state index >= 15 is 0 Å². The molecule has 11 nitrogen and oxygen atoms in total. The number of rotatable bonds is 17. The van der Waals surface area contributed by atoms with Crippen LogP contribution in [0.4, 0.5) is 5.69 Å². The van der Waals surface area contributed by atoms with Crippen LogP contribution >= 0.6 is 0 Å². The number of hydrogen-bond donors (Lipinski definition) is 1. The normalized spacial score (nSPS) is 13.5. The van der Waals surface area contributed by atoms with Crippen LogP contribution in [0.2, 0.25) is 0 Å². The molecule has 1 aliphatic carbocycles. The van der Waals surface area contributed by atoms with E-state index in [9.17, 15) is 18.0 Å². The zero-order chi connectivity index (χ0) is 37.1. The van der Waals surface area contributed by atoms with Crippen LogP contribution in [0.3, 0.4) is 0 Å².